The minimum atomic E-state index is -0.402. The fourth-order valence-electron chi connectivity index (χ4n) is 1.82. The van der Waals surface area contributed by atoms with Crippen LogP contribution in [0.3, 0.4) is 0 Å². The largest absolute Gasteiger partial charge is 0.412 e. The zero-order valence-electron chi connectivity index (χ0n) is 13.8. The normalized spacial score (nSPS) is 10.5. The third-order valence-electron chi connectivity index (χ3n) is 2.99. The van der Waals surface area contributed by atoms with Crippen molar-refractivity contribution in [1.29, 1.82) is 0 Å². The van der Waals surface area contributed by atoms with E-state index in [1.807, 2.05) is 25.2 Å². The number of carbonyl (C=O) groups is 1. The van der Waals surface area contributed by atoms with E-state index in [1.54, 1.807) is 12.1 Å². The van der Waals surface area contributed by atoms with Crippen LogP contribution < -0.4 is 26.2 Å². The van der Waals surface area contributed by atoms with Gasteiger partial charge in [-0.1, -0.05) is 24.6 Å². The Morgan fingerprint density at radius 2 is 1.83 bits per heavy atom. The average molecular weight is 324 g/mol. The molecule has 0 aromatic heterocycles. The van der Waals surface area contributed by atoms with Gasteiger partial charge in [0.05, 0.1) is 13.3 Å². The maximum atomic E-state index is 11.5. The van der Waals surface area contributed by atoms with E-state index in [0.29, 0.717) is 25.6 Å². The van der Waals surface area contributed by atoms with Gasteiger partial charge in [-0.25, -0.2) is 4.79 Å². The van der Waals surface area contributed by atoms with Crippen molar-refractivity contribution in [2.75, 3.05) is 40.0 Å². The second-order valence-electron chi connectivity index (χ2n) is 4.96. The van der Waals surface area contributed by atoms with Crippen molar-refractivity contribution in [1.82, 2.24) is 21.4 Å². The molecule has 7 heteroatoms. The van der Waals surface area contributed by atoms with Crippen LogP contribution in [0.4, 0.5) is 4.79 Å². The monoisotopic (exact) mass is 324 g/mol. The van der Waals surface area contributed by atoms with Crippen molar-refractivity contribution in [2.24, 2.45) is 0 Å². The van der Waals surface area contributed by atoms with Crippen LogP contribution in [-0.4, -0.2) is 46.1 Å². The molecule has 0 aliphatic carbocycles. The highest BCUT2D eigenvalue weighted by Crippen LogP contribution is 2.08. The number of hydrogen-bond acceptors (Lipinski definition) is 6. The fraction of sp³-hybridized carbons (Fsp3) is 0.562. The molecule has 0 fully saturated rings. The van der Waals surface area contributed by atoms with Crippen LogP contribution in [0.5, 0.6) is 5.75 Å². The summed E-state index contributed by atoms with van der Waals surface area (Å²) in [5, 5.41) is 8.97. The summed E-state index contributed by atoms with van der Waals surface area (Å²) in [6, 6.07) is 9.05. The number of ether oxygens (including phenoxy) is 1. The number of rotatable bonds is 13. The van der Waals surface area contributed by atoms with Gasteiger partial charge in [-0.3, -0.25) is 4.84 Å². The van der Waals surface area contributed by atoms with Gasteiger partial charge in [0.15, 0.2) is 0 Å². The molecular formula is C16H28N4O3. The zero-order valence-corrected chi connectivity index (χ0v) is 13.8. The van der Waals surface area contributed by atoms with Crippen molar-refractivity contribution < 1.29 is 14.4 Å². The molecule has 0 saturated heterocycles. The highest BCUT2D eigenvalue weighted by atomic mass is 16.6. The van der Waals surface area contributed by atoms with E-state index in [4.69, 9.17) is 9.57 Å². The van der Waals surface area contributed by atoms with Crippen LogP contribution >= 0.6 is 0 Å². The van der Waals surface area contributed by atoms with Crippen molar-refractivity contribution in [3.63, 3.8) is 0 Å². The number of benzene rings is 1. The van der Waals surface area contributed by atoms with E-state index >= 15 is 0 Å². The van der Waals surface area contributed by atoms with Crippen LogP contribution in [0, 0.1) is 0 Å². The molecule has 4 N–H and O–H groups in total. The molecule has 1 amide bonds. The topological polar surface area (TPSA) is 83.7 Å². The van der Waals surface area contributed by atoms with Gasteiger partial charge >= 0.3 is 6.09 Å². The third-order valence-corrected chi connectivity index (χ3v) is 2.99. The molecule has 0 unspecified atom stereocenters. The maximum Gasteiger partial charge on any atom is 0.412 e. The van der Waals surface area contributed by atoms with Crippen molar-refractivity contribution >= 4 is 6.09 Å². The Hall–Kier alpha value is -1.67. The molecule has 0 saturated carbocycles. The SMILES string of the molecule is CNCNOCCNCCCCCNC(=O)Oc1ccccc1. The van der Waals surface area contributed by atoms with Gasteiger partial charge in [0.2, 0.25) is 0 Å². The summed E-state index contributed by atoms with van der Waals surface area (Å²) in [6.07, 6.45) is 2.66. The van der Waals surface area contributed by atoms with E-state index in [9.17, 15) is 4.79 Å². The molecule has 0 aliphatic rings. The Balaban J connectivity index is 1.83. The first-order valence-corrected chi connectivity index (χ1v) is 8.03. The molecule has 0 radical (unpaired) electrons. The van der Waals surface area contributed by atoms with Crippen molar-refractivity contribution in [3.8, 4) is 5.75 Å². The number of amides is 1. The predicted octanol–water partition coefficient (Wildman–Crippen LogP) is 1.23. The summed E-state index contributed by atoms with van der Waals surface area (Å²) < 4.78 is 5.13. The van der Waals surface area contributed by atoms with Crippen LogP contribution in [0.25, 0.3) is 0 Å². The molecule has 0 aliphatic heterocycles. The lowest BCUT2D eigenvalue weighted by atomic mass is 10.2. The first kappa shape index (κ1) is 19.4. The van der Waals surface area contributed by atoms with E-state index in [0.717, 1.165) is 32.4 Å². The summed E-state index contributed by atoms with van der Waals surface area (Å²) in [7, 11) is 1.85. The first-order valence-electron chi connectivity index (χ1n) is 8.03. The van der Waals surface area contributed by atoms with Gasteiger partial charge in [-0.15, -0.1) is 0 Å². The standard InChI is InChI=1S/C16H28N4O3/c1-17-14-20-22-13-12-18-10-6-3-7-11-19-16(21)23-15-8-4-2-5-9-15/h2,4-5,8-9,17-18,20H,3,6-7,10-14H2,1H3,(H,19,21). The quantitative estimate of drug-likeness (QED) is 0.248. The maximum absolute atomic E-state index is 11.5. The molecule has 1 rings (SSSR count). The molecular weight excluding hydrogens is 296 g/mol. The second-order valence-corrected chi connectivity index (χ2v) is 4.96. The van der Waals surface area contributed by atoms with E-state index in [-0.39, 0.29) is 0 Å². The van der Waals surface area contributed by atoms with Gasteiger partial charge in [-0.05, 0) is 38.6 Å². The van der Waals surface area contributed by atoms with E-state index in [1.165, 1.54) is 0 Å². The minimum absolute atomic E-state index is 0.402. The number of hydrogen-bond donors (Lipinski definition) is 4. The average Bonchev–Trinajstić information content (AvgIpc) is 2.57. The van der Waals surface area contributed by atoms with Gasteiger partial charge in [0, 0.05) is 13.1 Å². The van der Waals surface area contributed by atoms with E-state index in [2.05, 4.69) is 21.4 Å². The van der Waals surface area contributed by atoms with Crippen molar-refractivity contribution in [2.45, 2.75) is 19.3 Å². The molecule has 0 spiro atoms. The molecule has 130 valence electrons. The molecule has 1 aromatic carbocycles. The molecule has 1 aromatic rings. The number of nitrogens with one attached hydrogen (secondary N) is 4. The summed E-state index contributed by atoms with van der Waals surface area (Å²) in [6.45, 7) is 3.67. The third kappa shape index (κ3) is 11.5. The molecule has 0 bridgehead atoms. The van der Waals surface area contributed by atoms with Gasteiger partial charge in [0.1, 0.15) is 5.75 Å². The number of hydroxylamine groups is 1. The lowest BCUT2D eigenvalue weighted by Gasteiger charge is -2.07. The Morgan fingerprint density at radius 1 is 1.04 bits per heavy atom. The van der Waals surface area contributed by atoms with Crippen LogP contribution in [-0.2, 0) is 4.84 Å². The summed E-state index contributed by atoms with van der Waals surface area (Å²) in [4.78, 5) is 16.7. The summed E-state index contributed by atoms with van der Waals surface area (Å²) in [5.41, 5.74) is 2.78. The fourth-order valence-corrected chi connectivity index (χ4v) is 1.82. The lowest BCUT2D eigenvalue weighted by molar-refractivity contribution is 0.0400. The number of carbonyl (C=O) groups excluding carboxylic acids is 1. The van der Waals surface area contributed by atoms with Gasteiger partial charge < -0.3 is 20.7 Å². The number of unbranched alkanes of at least 4 members (excludes halogenated alkanes) is 2. The molecule has 23 heavy (non-hydrogen) atoms. The van der Waals surface area contributed by atoms with Crippen molar-refractivity contribution in [3.05, 3.63) is 30.3 Å². The predicted molar refractivity (Wildman–Crippen MR) is 90.2 cm³/mol. The lowest BCUT2D eigenvalue weighted by Crippen LogP contribution is -2.30. The van der Waals surface area contributed by atoms with Crippen LogP contribution in [0.2, 0.25) is 0 Å². The Morgan fingerprint density at radius 3 is 2.61 bits per heavy atom. The highest BCUT2D eigenvalue weighted by Gasteiger charge is 2.02. The Bertz CT molecular complexity index is 404. The Kier molecular flexibility index (Phi) is 11.8. The smallest absolute Gasteiger partial charge is 0.410 e. The number of para-hydroxylation sites is 1. The van der Waals surface area contributed by atoms with Gasteiger partial charge in [0.25, 0.3) is 0 Å². The minimum Gasteiger partial charge on any atom is -0.410 e. The first-order chi connectivity index (χ1) is 11.3. The Labute approximate surface area is 138 Å². The summed E-state index contributed by atoms with van der Waals surface area (Å²) in [5.74, 6) is 0.556. The molecule has 0 atom stereocenters. The van der Waals surface area contributed by atoms with E-state index < -0.39 is 6.09 Å². The van der Waals surface area contributed by atoms with Gasteiger partial charge in [-0.2, -0.15) is 5.48 Å². The molecule has 7 nitrogen and oxygen atoms in total. The second kappa shape index (κ2) is 14.0. The molecule has 0 heterocycles. The van der Waals surface area contributed by atoms with Crippen LogP contribution in [0.15, 0.2) is 30.3 Å². The van der Waals surface area contributed by atoms with Crippen LogP contribution in [0.1, 0.15) is 19.3 Å². The zero-order chi connectivity index (χ0) is 16.6. The highest BCUT2D eigenvalue weighted by molar-refractivity contribution is 5.70. The summed E-state index contributed by atoms with van der Waals surface area (Å²) >= 11 is 0.